The van der Waals surface area contributed by atoms with Crippen LogP contribution in [-0.2, 0) is 22.1 Å². The molecule has 0 amide bonds. The number of hydrogen-bond acceptors (Lipinski definition) is 6. The molecule has 1 saturated heterocycles. The summed E-state index contributed by atoms with van der Waals surface area (Å²) in [6.45, 7) is 4.91. The minimum absolute atomic E-state index is 0.0596. The van der Waals surface area contributed by atoms with E-state index in [2.05, 4.69) is 20.0 Å². The van der Waals surface area contributed by atoms with Crippen molar-refractivity contribution in [3.8, 4) is 11.5 Å². The predicted octanol–water partition coefficient (Wildman–Crippen LogP) is 8.83. The molecule has 10 nitrogen and oxygen atoms in total. The summed E-state index contributed by atoms with van der Waals surface area (Å²) in [5, 5.41) is 19.3. The Hall–Kier alpha value is -5.62. The molecule has 324 valence electrons. The van der Waals surface area contributed by atoms with Crippen molar-refractivity contribution in [2.75, 3.05) is 20.8 Å². The van der Waals surface area contributed by atoms with Crippen LogP contribution in [0.5, 0.6) is 11.5 Å². The van der Waals surface area contributed by atoms with E-state index in [0.717, 1.165) is 22.3 Å². The number of para-hydroxylation sites is 2. The number of aliphatic hydroxyl groups is 1. The van der Waals surface area contributed by atoms with Crippen LogP contribution in [0.3, 0.4) is 0 Å². The predicted molar refractivity (Wildman–Crippen MR) is 208 cm³/mol. The summed E-state index contributed by atoms with van der Waals surface area (Å²) in [4.78, 5) is 23.0. The van der Waals surface area contributed by atoms with Crippen molar-refractivity contribution in [3.05, 3.63) is 128 Å². The van der Waals surface area contributed by atoms with Gasteiger partial charge in [0.1, 0.15) is 23.1 Å². The molecule has 2 atom stereocenters. The van der Waals surface area contributed by atoms with E-state index in [9.17, 15) is 49.8 Å². The molecule has 1 aliphatic rings. The standard InChI is InChI=1S/C21H22F4N2O3.C14H16F4O2.C7H6N2O/c1-19(2,15-10-13(22)8-9-17(15)30-3)11-20(29,21(23,24)25)12-27-16-7-5-4-6-14(16)18(28)26-27;1-12(2,7-13(8-20-13)14(16,17)18)10-6-9(15)4-5-11(10)19-3;10-7-5-3-1-2-4-6(5)8-9-7/h4-10,29H,11-12H2,1-3H3,(H,26,28);4-6H,7-8H2,1-3H3;1-4H,(H2,8,9,10). The number of epoxide rings is 1. The quantitative estimate of drug-likeness (QED) is 0.0804. The van der Waals surface area contributed by atoms with Gasteiger partial charge in [-0.3, -0.25) is 29.6 Å². The Morgan fingerprint density at radius 1 is 0.733 bits per heavy atom. The molecule has 1 fully saturated rings. The van der Waals surface area contributed by atoms with Crippen molar-refractivity contribution in [2.45, 2.75) is 81.5 Å². The molecule has 1 aliphatic heterocycles. The van der Waals surface area contributed by atoms with Gasteiger partial charge in [-0.05, 0) is 84.3 Å². The van der Waals surface area contributed by atoms with Crippen LogP contribution in [0.25, 0.3) is 21.8 Å². The number of benzene rings is 4. The zero-order chi connectivity index (χ0) is 44.5. The number of rotatable bonds is 10. The molecule has 0 aliphatic carbocycles. The Balaban J connectivity index is 0.000000193. The van der Waals surface area contributed by atoms with Crippen molar-refractivity contribution in [1.82, 2.24) is 20.0 Å². The van der Waals surface area contributed by atoms with E-state index in [1.165, 1.54) is 64.5 Å². The van der Waals surface area contributed by atoms with Gasteiger partial charge in [0.2, 0.25) is 0 Å². The molecule has 60 heavy (non-hydrogen) atoms. The number of nitrogens with one attached hydrogen (secondary N) is 3. The van der Waals surface area contributed by atoms with Crippen molar-refractivity contribution < 1.29 is 54.4 Å². The average Bonchev–Trinajstić information content (AvgIpc) is 3.78. The summed E-state index contributed by atoms with van der Waals surface area (Å²) in [5.74, 6) is -0.554. The van der Waals surface area contributed by atoms with Crippen LogP contribution in [-0.4, -0.2) is 69.5 Å². The van der Waals surface area contributed by atoms with Crippen LogP contribution in [0, 0.1) is 11.6 Å². The highest BCUT2D eigenvalue weighted by molar-refractivity contribution is 5.78. The minimum Gasteiger partial charge on any atom is -0.496 e. The van der Waals surface area contributed by atoms with Crippen LogP contribution in [0.15, 0.2) is 94.5 Å². The van der Waals surface area contributed by atoms with Crippen LogP contribution >= 0.6 is 0 Å². The highest BCUT2D eigenvalue weighted by Crippen LogP contribution is 2.52. The number of H-pyrrole nitrogens is 3. The Morgan fingerprint density at radius 3 is 1.75 bits per heavy atom. The van der Waals surface area contributed by atoms with E-state index in [0.29, 0.717) is 16.7 Å². The van der Waals surface area contributed by atoms with E-state index >= 15 is 0 Å². The summed E-state index contributed by atoms with van der Waals surface area (Å²) >= 11 is 0. The first-order chi connectivity index (χ1) is 27.9. The number of aromatic amines is 3. The SMILES string of the molecule is COc1ccc(F)cc1C(C)(C)CC(O)(Cn1[nH]c(=O)c2ccccc21)C(F)(F)F.COc1ccc(F)cc1C(C)(C)CC1(C(F)(F)F)CO1.O=c1[nH][nH]c2ccccc12. The lowest BCUT2D eigenvalue weighted by atomic mass is 9.74. The molecule has 2 unspecified atom stereocenters. The maximum Gasteiger partial charge on any atom is 0.419 e. The van der Waals surface area contributed by atoms with Crippen molar-refractivity contribution in [2.24, 2.45) is 0 Å². The molecule has 3 heterocycles. The number of nitrogens with zero attached hydrogens (tertiary/aromatic N) is 1. The van der Waals surface area contributed by atoms with Gasteiger partial charge >= 0.3 is 12.4 Å². The minimum atomic E-state index is -5.02. The molecular formula is C42H44F8N4O6. The maximum atomic E-state index is 14.0. The van der Waals surface area contributed by atoms with E-state index in [1.807, 2.05) is 18.2 Å². The molecule has 2 aromatic heterocycles. The highest BCUT2D eigenvalue weighted by Gasteiger charge is 2.67. The normalized spacial score (nSPS) is 16.6. The third-order valence-corrected chi connectivity index (χ3v) is 10.4. The first kappa shape index (κ1) is 45.5. The Bertz CT molecular complexity index is 2550. The number of hydrogen-bond donors (Lipinski definition) is 4. The monoisotopic (exact) mass is 852 g/mol. The lowest BCUT2D eigenvalue weighted by Gasteiger charge is -2.38. The highest BCUT2D eigenvalue weighted by atomic mass is 19.4. The number of methoxy groups -OCH3 is 2. The lowest BCUT2D eigenvalue weighted by molar-refractivity contribution is -0.272. The van der Waals surface area contributed by atoms with Gasteiger partial charge < -0.3 is 19.3 Å². The molecular weight excluding hydrogens is 808 g/mol. The fourth-order valence-electron chi connectivity index (χ4n) is 7.26. The third kappa shape index (κ3) is 9.70. The van der Waals surface area contributed by atoms with Crippen molar-refractivity contribution >= 4 is 21.8 Å². The summed E-state index contributed by atoms with van der Waals surface area (Å²) in [5.41, 5.74) is -6.50. The van der Waals surface area contributed by atoms with Gasteiger partial charge in [0.25, 0.3) is 11.1 Å². The zero-order valence-electron chi connectivity index (χ0n) is 33.4. The summed E-state index contributed by atoms with van der Waals surface area (Å²) < 4.78 is 124. The summed E-state index contributed by atoms with van der Waals surface area (Å²) in [6, 6.07) is 20.9. The Labute approximate surface area is 338 Å². The molecule has 0 bridgehead atoms. The number of ether oxygens (including phenoxy) is 3. The fourth-order valence-corrected chi connectivity index (χ4v) is 7.26. The zero-order valence-corrected chi connectivity index (χ0v) is 33.4. The van der Waals surface area contributed by atoms with Gasteiger partial charge in [-0.15, -0.1) is 0 Å². The molecule has 6 aromatic rings. The molecule has 18 heteroatoms. The number of fused-ring (bicyclic) bond motifs is 2. The molecule has 0 radical (unpaired) electrons. The molecule has 4 N–H and O–H groups in total. The number of aromatic nitrogens is 4. The van der Waals surface area contributed by atoms with Crippen LogP contribution in [0.4, 0.5) is 35.1 Å². The second kappa shape index (κ2) is 16.8. The molecule has 0 spiro atoms. The third-order valence-electron chi connectivity index (χ3n) is 10.4. The fraction of sp³-hybridized carbons (Fsp3) is 0.381. The smallest absolute Gasteiger partial charge is 0.419 e. The molecule has 0 saturated carbocycles. The van der Waals surface area contributed by atoms with Crippen molar-refractivity contribution in [1.29, 1.82) is 0 Å². The van der Waals surface area contributed by atoms with Gasteiger partial charge in [-0.1, -0.05) is 52.0 Å². The van der Waals surface area contributed by atoms with E-state index < -0.39 is 64.5 Å². The second-order valence-electron chi connectivity index (χ2n) is 15.8. The van der Waals surface area contributed by atoms with Crippen molar-refractivity contribution in [3.63, 3.8) is 0 Å². The van der Waals surface area contributed by atoms with Crippen LogP contribution in [0.1, 0.15) is 51.7 Å². The van der Waals surface area contributed by atoms with Gasteiger partial charge in [0.05, 0.1) is 49.2 Å². The van der Waals surface area contributed by atoms with Gasteiger partial charge in [0.15, 0.2) is 11.2 Å². The van der Waals surface area contributed by atoms with E-state index in [-0.39, 0.29) is 40.8 Å². The maximum absolute atomic E-state index is 14.0. The average molecular weight is 853 g/mol. The van der Waals surface area contributed by atoms with Crippen LogP contribution < -0.4 is 20.6 Å². The Kier molecular flexibility index (Phi) is 12.7. The van der Waals surface area contributed by atoms with E-state index in [4.69, 9.17) is 9.47 Å². The first-order valence-corrected chi connectivity index (χ1v) is 18.4. The number of alkyl halides is 6. The largest absolute Gasteiger partial charge is 0.496 e. The van der Waals surface area contributed by atoms with Crippen LogP contribution in [0.2, 0.25) is 0 Å². The lowest BCUT2D eigenvalue weighted by Crippen LogP contribution is -2.52. The topological polar surface area (TPSA) is 138 Å². The Morgan fingerprint density at radius 2 is 1.25 bits per heavy atom. The van der Waals surface area contributed by atoms with Gasteiger partial charge in [-0.2, -0.15) is 26.3 Å². The number of halogens is 8. The molecule has 7 rings (SSSR count). The van der Waals surface area contributed by atoms with Gasteiger partial charge in [0, 0.05) is 11.1 Å². The summed E-state index contributed by atoms with van der Waals surface area (Å²) in [6.07, 6.45) is -10.5. The molecule has 4 aromatic carbocycles. The second-order valence-corrected chi connectivity index (χ2v) is 15.8. The van der Waals surface area contributed by atoms with Gasteiger partial charge in [-0.25, -0.2) is 8.78 Å². The summed E-state index contributed by atoms with van der Waals surface area (Å²) in [7, 11) is 2.74. The van der Waals surface area contributed by atoms with E-state index in [1.54, 1.807) is 32.0 Å². The first-order valence-electron chi connectivity index (χ1n) is 18.4.